The number of rotatable bonds is 2. The first-order chi connectivity index (χ1) is 9.18. The molecule has 3 rings (SSSR count). The molecule has 1 amide bonds. The molecule has 0 unspecified atom stereocenters. The number of benzene rings is 2. The van der Waals surface area contributed by atoms with E-state index in [0.717, 1.165) is 0 Å². The van der Waals surface area contributed by atoms with Crippen LogP contribution in [-0.4, -0.2) is 16.6 Å². The second-order valence-electron chi connectivity index (χ2n) is 4.38. The van der Waals surface area contributed by atoms with Crippen molar-refractivity contribution in [3.63, 3.8) is 0 Å². The van der Waals surface area contributed by atoms with E-state index in [-0.39, 0.29) is 24.1 Å². The SMILES string of the molecule is N=C1c2ccccc2C(=O)N1Cc1ccccc1F. The Morgan fingerprint density at radius 1 is 1.00 bits per heavy atom. The highest BCUT2D eigenvalue weighted by molar-refractivity contribution is 6.22. The van der Waals surface area contributed by atoms with Gasteiger partial charge in [0.25, 0.3) is 5.91 Å². The van der Waals surface area contributed by atoms with Crippen LogP contribution in [0.1, 0.15) is 21.5 Å². The number of halogens is 1. The molecule has 94 valence electrons. The summed E-state index contributed by atoms with van der Waals surface area (Å²) in [5.74, 6) is -0.480. The Morgan fingerprint density at radius 3 is 2.32 bits per heavy atom. The number of amides is 1. The van der Waals surface area contributed by atoms with E-state index < -0.39 is 0 Å². The van der Waals surface area contributed by atoms with E-state index in [4.69, 9.17) is 5.41 Å². The standard InChI is InChI=1S/C15H11FN2O/c16-13-8-4-1-5-10(13)9-18-14(17)11-6-2-3-7-12(11)15(18)19/h1-8,17H,9H2. The summed E-state index contributed by atoms with van der Waals surface area (Å²) in [6.07, 6.45) is 0. The van der Waals surface area contributed by atoms with Crippen molar-refractivity contribution in [1.82, 2.24) is 4.90 Å². The van der Waals surface area contributed by atoms with Crippen molar-refractivity contribution >= 4 is 11.7 Å². The smallest absolute Gasteiger partial charge is 0.260 e. The minimum atomic E-state index is -0.362. The summed E-state index contributed by atoms with van der Waals surface area (Å²) in [5, 5.41) is 8.02. The number of nitrogens with one attached hydrogen (secondary N) is 1. The van der Waals surface area contributed by atoms with Crippen LogP contribution in [0.25, 0.3) is 0 Å². The van der Waals surface area contributed by atoms with Crippen molar-refractivity contribution in [2.45, 2.75) is 6.54 Å². The lowest BCUT2D eigenvalue weighted by Gasteiger charge is -2.16. The molecular formula is C15H11FN2O. The molecule has 3 nitrogen and oxygen atoms in total. The summed E-state index contributed by atoms with van der Waals surface area (Å²) >= 11 is 0. The van der Waals surface area contributed by atoms with Gasteiger partial charge < -0.3 is 0 Å². The van der Waals surface area contributed by atoms with Gasteiger partial charge in [-0.2, -0.15) is 0 Å². The van der Waals surface area contributed by atoms with Crippen molar-refractivity contribution in [3.8, 4) is 0 Å². The van der Waals surface area contributed by atoms with Crippen molar-refractivity contribution < 1.29 is 9.18 Å². The Morgan fingerprint density at radius 2 is 1.63 bits per heavy atom. The third-order valence-corrected chi connectivity index (χ3v) is 3.21. The zero-order chi connectivity index (χ0) is 13.4. The van der Waals surface area contributed by atoms with Crippen LogP contribution in [0.15, 0.2) is 48.5 Å². The number of carbonyl (C=O) groups excluding carboxylic acids is 1. The number of amidine groups is 1. The van der Waals surface area contributed by atoms with Crippen molar-refractivity contribution in [1.29, 1.82) is 5.41 Å². The predicted octanol–water partition coefficient (Wildman–Crippen LogP) is 2.81. The number of carbonyl (C=O) groups is 1. The van der Waals surface area contributed by atoms with Gasteiger partial charge in [-0.25, -0.2) is 4.39 Å². The van der Waals surface area contributed by atoms with E-state index in [0.29, 0.717) is 16.7 Å². The fourth-order valence-corrected chi connectivity index (χ4v) is 2.22. The summed E-state index contributed by atoms with van der Waals surface area (Å²) in [7, 11) is 0. The maximum atomic E-state index is 13.6. The fraction of sp³-hybridized carbons (Fsp3) is 0.0667. The fourth-order valence-electron chi connectivity index (χ4n) is 2.22. The molecule has 4 heteroatoms. The first-order valence-electron chi connectivity index (χ1n) is 5.91. The van der Waals surface area contributed by atoms with E-state index in [9.17, 15) is 9.18 Å². The second kappa shape index (κ2) is 4.31. The molecule has 0 atom stereocenters. The lowest BCUT2D eigenvalue weighted by molar-refractivity contribution is 0.0851. The molecule has 19 heavy (non-hydrogen) atoms. The van der Waals surface area contributed by atoms with E-state index in [1.165, 1.54) is 11.0 Å². The molecule has 0 bridgehead atoms. The van der Waals surface area contributed by atoms with Gasteiger partial charge in [0, 0.05) is 11.1 Å². The largest absolute Gasteiger partial charge is 0.288 e. The molecule has 2 aromatic rings. The van der Waals surface area contributed by atoms with Crippen LogP contribution < -0.4 is 0 Å². The van der Waals surface area contributed by atoms with Crippen LogP contribution in [-0.2, 0) is 6.54 Å². The monoisotopic (exact) mass is 254 g/mol. The summed E-state index contributed by atoms with van der Waals surface area (Å²) in [6.45, 7) is 0.0824. The van der Waals surface area contributed by atoms with E-state index in [1.54, 1.807) is 42.5 Å². The molecule has 0 saturated carbocycles. The van der Waals surface area contributed by atoms with Crippen LogP contribution in [0.3, 0.4) is 0 Å². The molecule has 1 heterocycles. The Kier molecular flexibility index (Phi) is 2.63. The normalized spacial score (nSPS) is 13.8. The van der Waals surface area contributed by atoms with E-state index in [2.05, 4.69) is 0 Å². The third-order valence-electron chi connectivity index (χ3n) is 3.21. The lowest BCUT2D eigenvalue weighted by Crippen LogP contribution is -2.29. The van der Waals surface area contributed by atoms with Crippen molar-refractivity contribution in [3.05, 3.63) is 71.0 Å². The molecule has 0 saturated heterocycles. The summed E-state index contributed by atoms with van der Waals surface area (Å²) in [4.78, 5) is 13.5. The van der Waals surface area contributed by atoms with Crippen molar-refractivity contribution in [2.75, 3.05) is 0 Å². The predicted molar refractivity (Wildman–Crippen MR) is 69.5 cm³/mol. The summed E-state index contributed by atoms with van der Waals surface area (Å²) in [5.41, 5.74) is 1.51. The van der Waals surface area contributed by atoms with Gasteiger partial charge in [0.15, 0.2) is 0 Å². The third kappa shape index (κ3) is 1.81. The van der Waals surface area contributed by atoms with Gasteiger partial charge in [0.2, 0.25) is 0 Å². The lowest BCUT2D eigenvalue weighted by atomic mass is 10.1. The Labute approximate surface area is 109 Å². The van der Waals surface area contributed by atoms with Gasteiger partial charge in [-0.15, -0.1) is 0 Å². The summed E-state index contributed by atoms with van der Waals surface area (Å²) in [6, 6.07) is 13.3. The first kappa shape index (κ1) is 11.6. The highest BCUT2D eigenvalue weighted by Gasteiger charge is 2.32. The zero-order valence-electron chi connectivity index (χ0n) is 10.1. The van der Waals surface area contributed by atoms with E-state index in [1.807, 2.05) is 0 Å². The average Bonchev–Trinajstić information content (AvgIpc) is 2.67. The number of hydrogen-bond acceptors (Lipinski definition) is 2. The van der Waals surface area contributed by atoms with Gasteiger partial charge in [-0.1, -0.05) is 36.4 Å². The van der Waals surface area contributed by atoms with Gasteiger partial charge in [-0.3, -0.25) is 15.1 Å². The minimum absolute atomic E-state index is 0.0824. The van der Waals surface area contributed by atoms with Crippen LogP contribution in [0.4, 0.5) is 4.39 Å². The van der Waals surface area contributed by atoms with Crippen LogP contribution in [0, 0.1) is 11.2 Å². The maximum absolute atomic E-state index is 13.6. The molecule has 2 aromatic carbocycles. The van der Waals surface area contributed by atoms with Gasteiger partial charge in [0.05, 0.1) is 12.1 Å². The molecular weight excluding hydrogens is 243 g/mol. The van der Waals surface area contributed by atoms with Crippen LogP contribution in [0.2, 0.25) is 0 Å². The quantitative estimate of drug-likeness (QED) is 0.879. The van der Waals surface area contributed by atoms with Gasteiger partial charge in [0.1, 0.15) is 11.7 Å². The first-order valence-corrected chi connectivity index (χ1v) is 5.91. The molecule has 1 N–H and O–H groups in total. The second-order valence-corrected chi connectivity index (χ2v) is 4.38. The van der Waals surface area contributed by atoms with Crippen LogP contribution >= 0.6 is 0 Å². The van der Waals surface area contributed by atoms with Gasteiger partial charge in [-0.05, 0) is 12.1 Å². The highest BCUT2D eigenvalue weighted by atomic mass is 19.1. The summed E-state index contributed by atoms with van der Waals surface area (Å²) < 4.78 is 13.6. The molecule has 0 aromatic heterocycles. The Bertz CT molecular complexity index is 646. The van der Waals surface area contributed by atoms with Crippen LogP contribution in [0.5, 0.6) is 0 Å². The number of fused-ring (bicyclic) bond motifs is 1. The Hall–Kier alpha value is -2.49. The molecule has 1 aliphatic rings. The maximum Gasteiger partial charge on any atom is 0.260 e. The Balaban J connectivity index is 1.95. The van der Waals surface area contributed by atoms with Crippen molar-refractivity contribution in [2.24, 2.45) is 0 Å². The minimum Gasteiger partial charge on any atom is -0.288 e. The average molecular weight is 254 g/mol. The number of hydrogen-bond donors (Lipinski definition) is 1. The van der Waals surface area contributed by atoms with Gasteiger partial charge >= 0.3 is 0 Å². The molecule has 0 spiro atoms. The molecule has 0 fully saturated rings. The molecule has 0 aliphatic carbocycles. The molecule has 0 radical (unpaired) electrons. The zero-order valence-corrected chi connectivity index (χ0v) is 10.1. The van der Waals surface area contributed by atoms with E-state index >= 15 is 0 Å². The number of nitrogens with zero attached hydrogens (tertiary/aromatic N) is 1. The molecule has 1 aliphatic heterocycles. The topological polar surface area (TPSA) is 44.2 Å². The highest BCUT2D eigenvalue weighted by Crippen LogP contribution is 2.24.